The fraction of sp³-hybridized carbons (Fsp3) is 0.500. The zero-order valence-electron chi connectivity index (χ0n) is 16.6. The van der Waals surface area contributed by atoms with E-state index in [1.54, 1.807) is 41.7 Å². The molecule has 3 rings (SSSR count). The molecule has 0 radical (unpaired) electrons. The van der Waals surface area contributed by atoms with Crippen LogP contribution in [0.15, 0.2) is 40.0 Å². The Kier molecular flexibility index (Phi) is 7.73. The number of nitrogens with zero attached hydrogens (tertiary/aromatic N) is 3. The van der Waals surface area contributed by atoms with Crippen LogP contribution in [0.3, 0.4) is 0 Å². The normalized spacial score (nSPS) is 15.5. The fourth-order valence-corrected chi connectivity index (χ4v) is 4.58. The third-order valence-electron chi connectivity index (χ3n) is 4.77. The van der Waals surface area contributed by atoms with E-state index in [2.05, 4.69) is 55.6 Å². The van der Waals surface area contributed by atoms with Crippen molar-refractivity contribution in [1.82, 2.24) is 15.5 Å². The summed E-state index contributed by atoms with van der Waals surface area (Å²) in [6, 6.07) is 8.88. The number of aliphatic imine (C=N–C) groups is 1. The first-order valence-electron chi connectivity index (χ1n) is 9.67. The molecule has 6 nitrogen and oxygen atoms in total. The number of amides is 1. The van der Waals surface area contributed by atoms with Crippen molar-refractivity contribution in [2.45, 2.75) is 25.3 Å². The Morgan fingerprint density at radius 1 is 1.21 bits per heavy atom. The minimum Gasteiger partial charge on any atom is -0.363 e. The average Bonchev–Trinajstić information content (AvgIpc) is 3.40. The number of anilines is 1. The van der Waals surface area contributed by atoms with E-state index in [0.717, 1.165) is 44.9 Å². The van der Waals surface area contributed by atoms with Gasteiger partial charge in [0.25, 0.3) is 0 Å². The molecule has 2 aromatic rings. The Morgan fingerprint density at radius 2 is 1.96 bits per heavy atom. The molecule has 2 N–H and O–H groups in total. The summed E-state index contributed by atoms with van der Waals surface area (Å²) in [5.41, 5.74) is 0. The molecular formula is C20H29N5OS2. The SMILES string of the molecule is CN(C)C(=O)CN=C(NCCc1cccs1)NC1CCN(c2cccs2)CC1. The number of carbonyl (C=O) groups is 1. The molecule has 0 atom stereocenters. The van der Waals surface area contributed by atoms with Gasteiger partial charge in [-0.15, -0.1) is 22.7 Å². The van der Waals surface area contributed by atoms with Crippen LogP contribution in [0.1, 0.15) is 17.7 Å². The highest BCUT2D eigenvalue weighted by atomic mass is 32.1. The highest BCUT2D eigenvalue weighted by Crippen LogP contribution is 2.24. The molecule has 1 saturated heterocycles. The van der Waals surface area contributed by atoms with Gasteiger partial charge in [-0.05, 0) is 48.2 Å². The number of rotatable bonds is 7. The number of hydrogen-bond donors (Lipinski definition) is 2. The van der Waals surface area contributed by atoms with Crippen LogP contribution in [0.5, 0.6) is 0 Å². The number of guanidine groups is 1. The van der Waals surface area contributed by atoms with Gasteiger partial charge in [-0.25, -0.2) is 4.99 Å². The van der Waals surface area contributed by atoms with Gasteiger partial charge in [-0.1, -0.05) is 6.07 Å². The van der Waals surface area contributed by atoms with E-state index in [0.29, 0.717) is 6.04 Å². The lowest BCUT2D eigenvalue weighted by molar-refractivity contribution is -0.127. The van der Waals surface area contributed by atoms with Crippen molar-refractivity contribution >= 4 is 39.5 Å². The minimum absolute atomic E-state index is 0.00636. The van der Waals surface area contributed by atoms with Crippen LogP contribution in [0.2, 0.25) is 0 Å². The first-order valence-corrected chi connectivity index (χ1v) is 11.4. The molecule has 0 unspecified atom stereocenters. The van der Waals surface area contributed by atoms with Gasteiger partial charge in [0.15, 0.2) is 5.96 Å². The second-order valence-corrected chi connectivity index (χ2v) is 9.02. The van der Waals surface area contributed by atoms with E-state index < -0.39 is 0 Å². The fourth-order valence-electron chi connectivity index (χ4n) is 3.09. The van der Waals surface area contributed by atoms with Crippen molar-refractivity contribution in [3.05, 3.63) is 39.9 Å². The molecule has 0 aromatic carbocycles. The van der Waals surface area contributed by atoms with Gasteiger partial charge < -0.3 is 20.4 Å². The third-order valence-corrected chi connectivity index (χ3v) is 6.63. The van der Waals surface area contributed by atoms with Gasteiger partial charge in [0.2, 0.25) is 5.91 Å². The maximum Gasteiger partial charge on any atom is 0.243 e. The van der Waals surface area contributed by atoms with Crippen LogP contribution in [0, 0.1) is 0 Å². The smallest absolute Gasteiger partial charge is 0.243 e. The van der Waals surface area contributed by atoms with Gasteiger partial charge in [-0.3, -0.25) is 4.79 Å². The lowest BCUT2D eigenvalue weighted by Gasteiger charge is -2.33. The van der Waals surface area contributed by atoms with Crippen molar-refractivity contribution < 1.29 is 4.79 Å². The van der Waals surface area contributed by atoms with Gasteiger partial charge in [0.05, 0.1) is 5.00 Å². The zero-order chi connectivity index (χ0) is 19.8. The summed E-state index contributed by atoms with van der Waals surface area (Å²) in [6.07, 6.45) is 3.08. The number of nitrogens with one attached hydrogen (secondary N) is 2. The summed E-state index contributed by atoms with van der Waals surface area (Å²) in [5, 5.41) is 12.5. The molecule has 28 heavy (non-hydrogen) atoms. The molecule has 1 aliphatic rings. The second kappa shape index (κ2) is 10.5. The largest absolute Gasteiger partial charge is 0.363 e. The number of carbonyl (C=O) groups excluding carboxylic acids is 1. The Bertz CT molecular complexity index is 735. The summed E-state index contributed by atoms with van der Waals surface area (Å²) in [5.74, 6) is 0.744. The average molecular weight is 420 g/mol. The van der Waals surface area contributed by atoms with Gasteiger partial charge in [-0.2, -0.15) is 0 Å². The molecular weight excluding hydrogens is 390 g/mol. The number of piperidine rings is 1. The van der Waals surface area contributed by atoms with Crippen molar-refractivity contribution in [2.24, 2.45) is 4.99 Å². The highest BCUT2D eigenvalue weighted by Gasteiger charge is 2.21. The van der Waals surface area contributed by atoms with E-state index in [9.17, 15) is 4.79 Å². The van der Waals surface area contributed by atoms with Gasteiger partial charge >= 0.3 is 0 Å². The maximum absolute atomic E-state index is 11.9. The van der Waals surface area contributed by atoms with Gasteiger partial charge in [0, 0.05) is 44.6 Å². The van der Waals surface area contributed by atoms with E-state index in [-0.39, 0.29) is 12.5 Å². The summed E-state index contributed by atoms with van der Waals surface area (Å²) >= 11 is 3.56. The summed E-state index contributed by atoms with van der Waals surface area (Å²) in [4.78, 5) is 21.8. The predicted molar refractivity (Wildman–Crippen MR) is 120 cm³/mol. The molecule has 8 heteroatoms. The maximum atomic E-state index is 11.9. The third kappa shape index (κ3) is 6.24. The number of likely N-dealkylation sites (N-methyl/N-ethyl adjacent to an activating group) is 1. The zero-order valence-corrected chi connectivity index (χ0v) is 18.2. The van der Waals surface area contributed by atoms with Crippen molar-refractivity contribution in [1.29, 1.82) is 0 Å². The van der Waals surface area contributed by atoms with Gasteiger partial charge in [0.1, 0.15) is 6.54 Å². The van der Waals surface area contributed by atoms with E-state index in [4.69, 9.17) is 0 Å². The minimum atomic E-state index is 0.00636. The molecule has 3 heterocycles. The van der Waals surface area contributed by atoms with Crippen LogP contribution < -0.4 is 15.5 Å². The highest BCUT2D eigenvalue weighted by molar-refractivity contribution is 7.14. The number of hydrogen-bond acceptors (Lipinski definition) is 5. The first-order chi connectivity index (χ1) is 13.6. The van der Waals surface area contributed by atoms with Crippen LogP contribution in [-0.2, 0) is 11.2 Å². The van der Waals surface area contributed by atoms with E-state index >= 15 is 0 Å². The number of thiophene rings is 2. The lowest BCUT2D eigenvalue weighted by Crippen LogP contribution is -2.49. The van der Waals surface area contributed by atoms with Crippen LogP contribution in [0.4, 0.5) is 5.00 Å². The Labute approximate surface area is 175 Å². The molecule has 152 valence electrons. The summed E-state index contributed by atoms with van der Waals surface area (Å²) in [7, 11) is 3.52. The molecule has 1 amide bonds. The molecule has 0 spiro atoms. The monoisotopic (exact) mass is 419 g/mol. The Morgan fingerprint density at radius 3 is 2.61 bits per heavy atom. The summed E-state index contributed by atoms with van der Waals surface area (Å²) in [6.45, 7) is 3.04. The van der Waals surface area contributed by atoms with Crippen LogP contribution in [0.25, 0.3) is 0 Å². The molecule has 1 fully saturated rings. The van der Waals surface area contributed by atoms with E-state index in [1.165, 1.54) is 9.88 Å². The molecule has 1 aliphatic heterocycles. The standard InChI is InChI=1S/C20H29N5OS2/c1-24(2)18(26)15-22-20(21-10-7-17-5-3-13-27-17)23-16-8-11-25(12-9-16)19-6-4-14-28-19/h3-6,13-14,16H,7-12,15H2,1-2H3,(H2,21,22,23). The molecule has 2 aromatic heterocycles. The molecule has 0 aliphatic carbocycles. The predicted octanol–water partition coefficient (Wildman–Crippen LogP) is 2.64. The van der Waals surface area contributed by atoms with Crippen molar-refractivity contribution in [3.63, 3.8) is 0 Å². The molecule has 0 bridgehead atoms. The Balaban J connectivity index is 1.52. The Hall–Kier alpha value is -2.06. The molecule has 0 saturated carbocycles. The lowest BCUT2D eigenvalue weighted by atomic mass is 10.1. The summed E-state index contributed by atoms with van der Waals surface area (Å²) < 4.78 is 0. The topological polar surface area (TPSA) is 60.0 Å². The van der Waals surface area contributed by atoms with Crippen molar-refractivity contribution in [3.8, 4) is 0 Å². The van der Waals surface area contributed by atoms with Crippen LogP contribution in [-0.4, -0.2) is 63.1 Å². The van der Waals surface area contributed by atoms with Crippen molar-refractivity contribution in [2.75, 3.05) is 45.2 Å². The second-order valence-electron chi connectivity index (χ2n) is 7.07. The first kappa shape index (κ1) is 20.7. The quantitative estimate of drug-likeness (QED) is 0.535. The van der Waals surface area contributed by atoms with E-state index in [1.807, 2.05) is 0 Å². The van der Waals surface area contributed by atoms with Crippen LogP contribution >= 0.6 is 22.7 Å².